The van der Waals surface area contributed by atoms with Crippen LogP contribution in [0.25, 0.3) is 0 Å². The van der Waals surface area contributed by atoms with Gasteiger partial charge in [-0.25, -0.2) is 0 Å². The Kier molecular flexibility index (Phi) is 6.62. The number of halogens is 1. The molecule has 0 aliphatic carbocycles. The van der Waals surface area contributed by atoms with Gasteiger partial charge in [0.15, 0.2) is 11.5 Å². The first kappa shape index (κ1) is 19.3. The van der Waals surface area contributed by atoms with Gasteiger partial charge < -0.3 is 19.5 Å². The monoisotopic (exact) mass is 382 g/mol. The van der Waals surface area contributed by atoms with Crippen molar-refractivity contribution in [2.45, 2.75) is 26.3 Å². The number of nitrogens with zero attached hydrogens (tertiary/aromatic N) is 1. The van der Waals surface area contributed by atoms with Gasteiger partial charge in [0.05, 0.1) is 24.7 Å². The van der Waals surface area contributed by atoms with Crippen molar-refractivity contribution in [3.63, 3.8) is 0 Å². The molecule has 1 N–H and O–H groups in total. The number of benzene rings is 1. The van der Waals surface area contributed by atoms with Crippen molar-refractivity contribution in [2.75, 3.05) is 46.1 Å². The molecule has 26 heavy (non-hydrogen) atoms. The Morgan fingerprint density at radius 2 is 1.92 bits per heavy atom. The number of hydrogen-bond acceptors (Lipinski definition) is 5. The van der Waals surface area contributed by atoms with Gasteiger partial charge >= 0.3 is 0 Å². The average molecular weight is 383 g/mol. The fourth-order valence-electron chi connectivity index (χ4n) is 3.43. The van der Waals surface area contributed by atoms with Crippen LogP contribution in [0.1, 0.15) is 19.4 Å². The number of carbonyl (C=O) groups is 1. The van der Waals surface area contributed by atoms with E-state index in [1.807, 2.05) is 6.07 Å². The third-order valence-electron chi connectivity index (χ3n) is 4.81. The van der Waals surface area contributed by atoms with E-state index in [0.717, 1.165) is 31.9 Å². The molecular formula is C19H27ClN2O4. The van der Waals surface area contributed by atoms with Crippen molar-refractivity contribution in [1.82, 2.24) is 10.2 Å². The van der Waals surface area contributed by atoms with E-state index in [0.29, 0.717) is 48.2 Å². The molecule has 1 fully saturated rings. The molecule has 1 aromatic rings. The van der Waals surface area contributed by atoms with Gasteiger partial charge in [-0.05, 0) is 23.6 Å². The number of amides is 1. The third kappa shape index (κ3) is 4.81. The molecule has 0 radical (unpaired) electrons. The number of nitrogens with one attached hydrogen (secondary N) is 1. The predicted molar refractivity (Wildman–Crippen MR) is 100 cm³/mol. The van der Waals surface area contributed by atoms with Crippen LogP contribution in [0.5, 0.6) is 11.5 Å². The van der Waals surface area contributed by atoms with Gasteiger partial charge in [0.25, 0.3) is 0 Å². The minimum absolute atomic E-state index is 0.0170. The lowest BCUT2D eigenvalue weighted by Crippen LogP contribution is -2.51. The van der Waals surface area contributed by atoms with Crippen molar-refractivity contribution in [1.29, 1.82) is 0 Å². The van der Waals surface area contributed by atoms with Crippen LogP contribution in [0, 0.1) is 5.92 Å². The minimum Gasteiger partial charge on any atom is -0.486 e. The van der Waals surface area contributed by atoms with Crippen LogP contribution in [0.3, 0.4) is 0 Å². The summed E-state index contributed by atoms with van der Waals surface area (Å²) in [5.74, 6) is 1.61. The maximum Gasteiger partial charge on any atom is 0.224 e. The highest BCUT2D eigenvalue weighted by molar-refractivity contribution is 6.32. The van der Waals surface area contributed by atoms with Crippen molar-refractivity contribution >= 4 is 17.5 Å². The zero-order valence-electron chi connectivity index (χ0n) is 15.4. The molecule has 3 rings (SSSR count). The van der Waals surface area contributed by atoms with Crippen LogP contribution in [0.2, 0.25) is 5.02 Å². The van der Waals surface area contributed by atoms with E-state index in [9.17, 15) is 4.79 Å². The van der Waals surface area contributed by atoms with Gasteiger partial charge in [-0.15, -0.1) is 0 Å². The molecule has 1 amide bonds. The number of ether oxygens (including phenoxy) is 3. The molecule has 7 heteroatoms. The summed E-state index contributed by atoms with van der Waals surface area (Å²) in [4.78, 5) is 14.8. The molecule has 0 spiro atoms. The lowest BCUT2D eigenvalue weighted by molar-refractivity contribution is -0.120. The van der Waals surface area contributed by atoms with Crippen molar-refractivity contribution < 1.29 is 19.0 Å². The van der Waals surface area contributed by atoms with Crippen LogP contribution in [-0.2, 0) is 16.0 Å². The molecule has 144 valence electrons. The summed E-state index contributed by atoms with van der Waals surface area (Å²) in [5, 5.41) is 3.56. The van der Waals surface area contributed by atoms with E-state index >= 15 is 0 Å². The SMILES string of the molecule is CC(C)C(CNC(=O)Cc1cc(Cl)c2c(c1)OCCO2)N1CCOCC1. The Morgan fingerprint density at radius 1 is 1.19 bits per heavy atom. The van der Waals surface area contributed by atoms with Crippen LogP contribution < -0.4 is 14.8 Å². The highest BCUT2D eigenvalue weighted by Crippen LogP contribution is 2.38. The van der Waals surface area contributed by atoms with Gasteiger partial charge in [-0.3, -0.25) is 9.69 Å². The van der Waals surface area contributed by atoms with Crippen LogP contribution in [-0.4, -0.2) is 62.9 Å². The summed E-state index contributed by atoms with van der Waals surface area (Å²) in [7, 11) is 0. The minimum atomic E-state index is -0.0170. The quantitative estimate of drug-likeness (QED) is 0.816. The first-order valence-electron chi connectivity index (χ1n) is 9.21. The second-order valence-corrected chi connectivity index (χ2v) is 7.45. The van der Waals surface area contributed by atoms with Gasteiger partial charge in [-0.1, -0.05) is 25.4 Å². The van der Waals surface area contributed by atoms with E-state index < -0.39 is 0 Å². The lowest BCUT2D eigenvalue weighted by Gasteiger charge is -2.36. The zero-order valence-corrected chi connectivity index (χ0v) is 16.2. The molecule has 0 bridgehead atoms. The third-order valence-corrected chi connectivity index (χ3v) is 5.09. The molecule has 2 heterocycles. The number of fused-ring (bicyclic) bond motifs is 1. The summed E-state index contributed by atoms with van der Waals surface area (Å²) in [6.07, 6.45) is 0.268. The molecule has 6 nitrogen and oxygen atoms in total. The van der Waals surface area contributed by atoms with E-state index in [4.69, 9.17) is 25.8 Å². The summed E-state index contributed by atoms with van der Waals surface area (Å²) >= 11 is 6.25. The molecule has 1 atom stereocenters. The Bertz CT molecular complexity index is 632. The van der Waals surface area contributed by atoms with Gasteiger partial charge in [0.1, 0.15) is 13.2 Å². The molecule has 0 aromatic heterocycles. The number of morpholine rings is 1. The molecule has 1 saturated heterocycles. The highest BCUT2D eigenvalue weighted by atomic mass is 35.5. The first-order valence-corrected chi connectivity index (χ1v) is 9.59. The first-order chi connectivity index (χ1) is 12.5. The number of rotatable bonds is 6. The molecule has 1 unspecified atom stereocenters. The lowest BCUT2D eigenvalue weighted by atomic mass is 10.0. The molecule has 2 aliphatic heterocycles. The molecule has 1 aromatic carbocycles. The smallest absolute Gasteiger partial charge is 0.224 e. The molecule has 0 saturated carbocycles. The van der Waals surface area contributed by atoms with Crippen LogP contribution in [0.4, 0.5) is 0 Å². The van der Waals surface area contributed by atoms with Crippen LogP contribution >= 0.6 is 11.6 Å². The standard InChI is InChI=1S/C19H27ClN2O4/c1-13(2)16(22-3-5-24-6-4-22)12-21-18(23)11-14-9-15(20)19-17(10-14)25-7-8-26-19/h9-10,13,16H,3-8,11-12H2,1-2H3,(H,21,23). The van der Waals surface area contributed by atoms with Crippen molar-refractivity contribution in [2.24, 2.45) is 5.92 Å². The van der Waals surface area contributed by atoms with Gasteiger partial charge in [0.2, 0.25) is 5.91 Å². The van der Waals surface area contributed by atoms with Gasteiger partial charge in [-0.2, -0.15) is 0 Å². The predicted octanol–water partition coefficient (Wildman–Crippen LogP) is 2.13. The molecular weight excluding hydrogens is 356 g/mol. The van der Waals surface area contributed by atoms with E-state index in [2.05, 4.69) is 24.1 Å². The van der Waals surface area contributed by atoms with E-state index in [-0.39, 0.29) is 12.3 Å². The highest BCUT2D eigenvalue weighted by Gasteiger charge is 2.24. The van der Waals surface area contributed by atoms with Crippen molar-refractivity contribution in [3.05, 3.63) is 22.7 Å². The fraction of sp³-hybridized carbons (Fsp3) is 0.632. The van der Waals surface area contributed by atoms with E-state index in [1.165, 1.54) is 0 Å². The Hall–Kier alpha value is -1.50. The number of hydrogen-bond donors (Lipinski definition) is 1. The normalized spacial score (nSPS) is 18.6. The largest absolute Gasteiger partial charge is 0.486 e. The number of carbonyl (C=O) groups excluding carboxylic acids is 1. The second-order valence-electron chi connectivity index (χ2n) is 7.04. The van der Waals surface area contributed by atoms with Crippen LogP contribution in [0.15, 0.2) is 12.1 Å². The van der Waals surface area contributed by atoms with Gasteiger partial charge in [0, 0.05) is 25.7 Å². The Labute approximate surface area is 159 Å². The topological polar surface area (TPSA) is 60.0 Å². The zero-order chi connectivity index (χ0) is 18.5. The fourth-order valence-corrected chi connectivity index (χ4v) is 3.72. The average Bonchev–Trinajstić information content (AvgIpc) is 2.62. The van der Waals surface area contributed by atoms with E-state index in [1.54, 1.807) is 6.07 Å². The maximum atomic E-state index is 12.4. The maximum absolute atomic E-state index is 12.4. The summed E-state index contributed by atoms with van der Waals surface area (Å²) in [6.45, 7) is 9.33. The molecule has 2 aliphatic rings. The summed E-state index contributed by atoms with van der Waals surface area (Å²) in [6, 6.07) is 3.92. The summed E-state index contributed by atoms with van der Waals surface area (Å²) in [5.41, 5.74) is 0.823. The second kappa shape index (κ2) is 8.93. The van der Waals surface area contributed by atoms with Crippen molar-refractivity contribution in [3.8, 4) is 11.5 Å². The Balaban J connectivity index is 1.57. The summed E-state index contributed by atoms with van der Waals surface area (Å²) < 4.78 is 16.5. The Morgan fingerprint density at radius 3 is 2.65 bits per heavy atom.